The van der Waals surface area contributed by atoms with Gasteiger partial charge in [-0.15, -0.1) is 0 Å². The summed E-state index contributed by atoms with van der Waals surface area (Å²) in [6, 6.07) is 19.8. The zero-order valence-electron chi connectivity index (χ0n) is 22.5. The molecule has 0 aliphatic rings. The predicted molar refractivity (Wildman–Crippen MR) is 160 cm³/mol. The molecule has 1 aromatic heterocycles. The van der Waals surface area contributed by atoms with Crippen molar-refractivity contribution in [1.29, 1.82) is 0 Å². The summed E-state index contributed by atoms with van der Waals surface area (Å²) in [6.07, 6.45) is 2.09. The number of aryl methyl sites for hydroxylation is 1. The highest BCUT2D eigenvalue weighted by Gasteiger charge is 2.23. The Morgan fingerprint density at radius 3 is 2.39 bits per heavy atom. The highest BCUT2D eigenvalue weighted by molar-refractivity contribution is 7.92. The van der Waals surface area contributed by atoms with Gasteiger partial charge in [-0.25, -0.2) is 8.42 Å². The van der Waals surface area contributed by atoms with Gasteiger partial charge in [-0.1, -0.05) is 41.4 Å². The Kier molecular flexibility index (Phi) is 9.75. The Morgan fingerprint density at radius 1 is 0.927 bits per heavy atom. The number of rotatable bonds is 11. The summed E-state index contributed by atoms with van der Waals surface area (Å²) in [4.78, 5) is 26.3. The second kappa shape index (κ2) is 13.2. The molecule has 2 amide bonds. The van der Waals surface area contributed by atoms with Crippen molar-refractivity contribution in [1.82, 2.24) is 10.2 Å². The van der Waals surface area contributed by atoms with Crippen LogP contribution in [-0.4, -0.2) is 31.7 Å². The number of halogens is 2. The first-order chi connectivity index (χ1) is 19.5. The predicted octanol–water partition coefficient (Wildman–Crippen LogP) is 6.22. The van der Waals surface area contributed by atoms with E-state index < -0.39 is 10.0 Å². The van der Waals surface area contributed by atoms with Crippen molar-refractivity contribution in [2.24, 2.45) is 0 Å². The number of anilines is 1. The molecular formula is C30H29Cl2N3O5S. The van der Waals surface area contributed by atoms with Crippen LogP contribution in [0.25, 0.3) is 0 Å². The molecule has 0 atom stereocenters. The van der Waals surface area contributed by atoms with Crippen molar-refractivity contribution >= 4 is 50.7 Å². The molecule has 41 heavy (non-hydrogen) atoms. The molecule has 0 spiro atoms. The standard InChI is InChI=1S/C30H29Cl2N3O5S/c1-20-16-26(11-9-22(20)13-14-33-21(2)36)41(38,39)34-29-12-10-24(31)17-23(29)18-35(19-25-6-5-15-40-25)30(37)27-7-3-4-8-28(27)32/h3-12,15-17,34H,13-14,18-19H2,1-2H3,(H,33,36). The minimum absolute atomic E-state index is 0.0181. The van der Waals surface area contributed by atoms with Crippen molar-refractivity contribution in [3.8, 4) is 0 Å². The minimum atomic E-state index is -3.99. The molecule has 214 valence electrons. The number of carbonyl (C=O) groups excluding carboxylic acids is 2. The molecule has 0 radical (unpaired) electrons. The number of benzene rings is 3. The molecule has 0 unspecified atom stereocenters. The summed E-state index contributed by atoms with van der Waals surface area (Å²) < 4.78 is 35.0. The van der Waals surface area contributed by atoms with Gasteiger partial charge in [-0.3, -0.25) is 14.3 Å². The maximum absolute atomic E-state index is 13.6. The maximum Gasteiger partial charge on any atom is 0.261 e. The van der Waals surface area contributed by atoms with Crippen LogP contribution in [0, 0.1) is 6.92 Å². The molecule has 1 heterocycles. The third kappa shape index (κ3) is 7.91. The lowest BCUT2D eigenvalue weighted by Gasteiger charge is -2.24. The maximum atomic E-state index is 13.6. The van der Waals surface area contributed by atoms with Crippen LogP contribution < -0.4 is 10.0 Å². The number of sulfonamides is 1. The molecule has 0 saturated carbocycles. The number of carbonyl (C=O) groups is 2. The first-order valence-corrected chi connectivity index (χ1v) is 15.0. The van der Waals surface area contributed by atoms with Crippen LogP contribution in [0.3, 0.4) is 0 Å². The quantitative estimate of drug-likeness (QED) is 0.209. The van der Waals surface area contributed by atoms with E-state index in [2.05, 4.69) is 10.0 Å². The largest absolute Gasteiger partial charge is 0.467 e. The molecule has 0 aliphatic heterocycles. The Labute approximate surface area is 249 Å². The average molecular weight is 615 g/mol. The summed E-state index contributed by atoms with van der Waals surface area (Å²) in [6.45, 7) is 3.86. The summed E-state index contributed by atoms with van der Waals surface area (Å²) >= 11 is 12.6. The first-order valence-electron chi connectivity index (χ1n) is 12.7. The smallest absolute Gasteiger partial charge is 0.261 e. The SMILES string of the molecule is CC(=O)NCCc1ccc(S(=O)(=O)Nc2ccc(Cl)cc2CN(Cc2ccco2)C(=O)c2ccccc2Cl)cc1C. The van der Waals surface area contributed by atoms with Gasteiger partial charge in [-0.05, 0) is 84.6 Å². The lowest BCUT2D eigenvalue weighted by molar-refractivity contribution is -0.118. The van der Waals surface area contributed by atoms with Gasteiger partial charge in [0.15, 0.2) is 0 Å². The lowest BCUT2D eigenvalue weighted by atomic mass is 10.1. The van der Waals surface area contributed by atoms with Gasteiger partial charge in [0.2, 0.25) is 5.91 Å². The second-order valence-electron chi connectivity index (χ2n) is 9.45. The van der Waals surface area contributed by atoms with Gasteiger partial charge in [0.25, 0.3) is 15.9 Å². The summed E-state index contributed by atoms with van der Waals surface area (Å²) in [7, 11) is -3.99. The second-order valence-corrected chi connectivity index (χ2v) is 12.0. The normalized spacial score (nSPS) is 11.2. The summed E-state index contributed by atoms with van der Waals surface area (Å²) in [5, 5.41) is 3.41. The van der Waals surface area contributed by atoms with Crippen molar-refractivity contribution in [2.45, 2.75) is 38.3 Å². The molecule has 2 N–H and O–H groups in total. The zero-order valence-corrected chi connectivity index (χ0v) is 24.8. The topological polar surface area (TPSA) is 109 Å². The van der Waals surface area contributed by atoms with Crippen LogP contribution in [0.2, 0.25) is 10.0 Å². The van der Waals surface area contributed by atoms with Crippen LogP contribution in [0.5, 0.6) is 0 Å². The van der Waals surface area contributed by atoms with Crippen LogP contribution in [-0.2, 0) is 34.3 Å². The molecule has 0 bridgehead atoms. The van der Waals surface area contributed by atoms with Crippen LogP contribution in [0.15, 0.2) is 88.4 Å². The fourth-order valence-corrected chi connectivity index (χ4v) is 5.88. The molecule has 0 aliphatic carbocycles. The van der Waals surface area contributed by atoms with Crippen molar-refractivity contribution in [3.63, 3.8) is 0 Å². The summed E-state index contributed by atoms with van der Waals surface area (Å²) in [5.74, 6) is 0.0657. The fourth-order valence-electron chi connectivity index (χ4n) is 4.29. The third-order valence-electron chi connectivity index (χ3n) is 6.38. The number of nitrogens with zero attached hydrogens (tertiary/aromatic N) is 1. The zero-order chi connectivity index (χ0) is 29.6. The number of amides is 2. The molecule has 8 nitrogen and oxygen atoms in total. The molecule has 0 saturated heterocycles. The molecule has 3 aromatic carbocycles. The molecule has 4 rings (SSSR count). The van der Waals surface area contributed by atoms with E-state index >= 15 is 0 Å². The van der Waals surface area contributed by atoms with Crippen LogP contribution in [0.1, 0.15) is 39.7 Å². The van der Waals surface area contributed by atoms with E-state index in [1.54, 1.807) is 66.7 Å². The Bertz CT molecular complexity index is 1660. The van der Waals surface area contributed by atoms with Crippen LogP contribution in [0.4, 0.5) is 5.69 Å². The van der Waals surface area contributed by atoms with Crippen molar-refractivity contribution in [2.75, 3.05) is 11.3 Å². The van der Waals surface area contributed by atoms with Gasteiger partial charge in [0, 0.05) is 25.0 Å². The highest BCUT2D eigenvalue weighted by atomic mass is 35.5. The van der Waals surface area contributed by atoms with Gasteiger partial charge in [0.1, 0.15) is 5.76 Å². The third-order valence-corrected chi connectivity index (χ3v) is 8.31. The Morgan fingerprint density at radius 2 is 1.71 bits per heavy atom. The van der Waals surface area contributed by atoms with E-state index in [1.807, 2.05) is 6.92 Å². The minimum Gasteiger partial charge on any atom is -0.467 e. The lowest BCUT2D eigenvalue weighted by Crippen LogP contribution is -2.30. The van der Waals surface area contributed by atoms with E-state index in [4.69, 9.17) is 27.6 Å². The van der Waals surface area contributed by atoms with Gasteiger partial charge in [0.05, 0.1) is 34.0 Å². The van der Waals surface area contributed by atoms with E-state index in [-0.39, 0.29) is 35.5 Å². The fraction of sp³-hybridized carbons (Fsp3) is 0.200. The molecule has 0 fully saturated rings. The highest BCUT2D eigenvalue weighted by Crippen LogP contribution is 2.28. The van der Waals surface area contributed by atoms with E-state index in [9.17, 15) is 18.0 Å². The Hall–Kier alpha value is -3.79. The monoisotopic (exact) mass is 613 g/mol. The van der Waals surface area contributed by atoms with E-state index in [0.29, 0.717) is 39.9 Å². The first kappa shape index (κ1) is 30.2. The van der Waals surface area contributed by atoms with Crippen LogP contribution >= 0.6 is 23.2 Å². The molecule has 4 aromatic rings. The number of nitrogens with one attached hydrogen (secondary N) is 2. The van der Waals surface area contributed by atoms with E-state index in [0.717, 1.165) is 11.1 Å². The summed E-state index contributed by atoms with van der Waals surface area (Å²) in [5.41, 5.74) is 2.77. The van der Waals surface area contributed by atoms with Gasteiger partial charge >= 0.3 is 0 Å². The molecule has 11 heteroatoms. The number of hydrogen-bond donors (Lipinski definition) is 2. The van der Waals surface area contributed by atoms with E-state index in [1.165, 1.54) is 24.2 Å². The van der Waals surface area contributed by atoms with Crippen molar-refractivity contribution < 1.29 is 22.4 Å². The Balaban J connectivity index is 1.61. The number of hydrogen-bond acceptors (Lipinski definition) is 5. The average Bonchev–Trinajstić information content (AvgIpc) is 3.43. The van der Waals surface area contributed by atoms with Gasteiger partial charge < -0.3 is 14.6 Å². The van der Waals surface area contributed by atoms with Gasteiger partial charge in [-0.2, -0.15) is 0 Å². The molecular weight excluding hydrogens is 585 g/mol. The number of furan rings is 1. The van der Waals surface area contributed by atoms with Crippen molar-refractivity contribution in [3.05, 3.63) is 117 Å².